The summed E-state index contributed by atoms with van der Waals surface area (Å²) in [5.41, 5.74) is 0. The summed E-state index contributed by atoms with van der Waals surface area (Å²) in [7, 11) is 1.68. The van der Waals surface area contributed by atoms with Crippen molar-refractivity contribution >= 4 is 5.91 Å². The van der Waals surface area contributed by atoms with E-state index < -0.39 is 0 Å². The van der Waals surface area contributed by atoms with Gasteiger partial charge in [-0.2, -0.15) is 0 Å². The molecule has 1 fully saturated rings. The average Bonchev–Trinajstić information content (AvgIpc) is 2.32. The molecule has 1 aliphatic rings. The van der Waals surface area contributed by atoms with Crippen LogP contribution in [0.1, 0.15) is 13.3 Å². The summed E-state index contributed by atoms with van der Waals surface area (Å²) in [4.78, 5) is 13.0. The fourth-order valence-electron chi connectivity index (χ4n) is 1.51. The number of carbonyl (C=O) groups is 1. The van der Waals surface area contributed by atoms with E-state index in [4.69, 9.17) is 4.74 Å². The molecular weight excluding hydrogens is 142 g/mol. The minimum atomic E-state index is 0.273. The lowest BCUT2D eigenvalue weighted by Crippen LogP contribution is -2.24. The molecule has 0 N–H and O–H groups in total. The Morgan fingerprint density at radius 2 is 2.45 bits per heavy atom. The minimum absolute atomic E-state index is 0.273. The fourth-order valence-corrected chi connectivity index (χ4v) is 1.51. The lowest BCUT2D eigenvalue weighted by Gasteiger charge is -2.12. The first kappa shape index (κ1) is 8.53. The lowest BCUT2D eigenvalue weighted by atomic mass is 10.1. The highest BCUT2D eigenvalue weighted by Crippen LogP contribution is 2.16. The van der Waals surface area contributed by atoms with E-state index >= 15 is 0 Å². The maximum Gasteiger partial charge on any atom is 0.223 e. The van der Waals surface area contributed by atoms with Crippen molar-refractivity contribution in [3.05, 3.63) is 0 Å². The Morgan fingerprint density at radius 1 is 1.73 bits per heavy atom. The van der Waals surface area contributed by atoms with Crippen LogP contribution in [0.5, 0.6) is 0 Å². The van der Waals surface area contributed by atoms with E-state index in [0.717, 1.165) is 13.1 Å². The van der Waals surface area contributed by atoms with Crippen LogP contribution in [0.25, 0.3) is 0 Å². The number of hydrogen-bond donors (Lipinski definition) is 0. The highest BCUT2D eigenvalue weighted by atomic mass is 16.5. The van der Waals surface area contributed by atoms with Gasteiger partial charge >= 0.3 is 0 Å². The van der Waals surface area contributed by atoms with Gasteiger partial charge in [0.15, 0.2) is 0 Å². The van der Waals surface area contributed by atoms with Crippen LogP contribution >= 0.6 is 0 Å². The van der Waals surface area contributed by atoms with Gasteiger partial charge in [-0.3, -0.25) is 4.79 Å². The first-order valence-corrected chi connectivity index (χ1v) is 4.04. The van der Waals surface area contributed by atoms with Gasteiger partial charge in [-0.1, -0.05) is 0 Å². The molecule has 1 atom stereocenters. The molecule has 0 spiro atoms. The molecule has 1 saturated heterocycles. The maximum atomic E-state index is 11.2. The van der Waals surface area contributed by atoms with E-state index in [1.165, 1.54) is 0 Å². The van der Waals surface area contributed by atoms with Gasteiger partial charge in [0.25, 0.3) is 0 Å². The van der Waals surface area contributed by atoms with Gasteiger partial charge in [0.2, 0.25) is 5.91 Å². The number of methoxy groups -OCH3 is 1. The van der Waals surface area contributed by atoms with Crippen LogP contribution in [-0.4, -0.2) is 37.6 Å². The monoisotopic (exact) mass is 157 g/mol. The molecule has 1 amide bonds. The second-order valence-corrected chi connectivity index (χ2v) is 2.96. The standard InChI is InChI=1S/C8H15NO2/c1-3-9-5-7(6-11-2)4-8(9)10/h7H,3-6H2,1-2H3/t7-/m0/s1. The molecule has 64 valence electrons. The molecule has 1 heterocycles. The van der Waals surface area contributed by atoms with Gasteiger partial charge in [-0.05, 0) is 6.92 Å². The second kappa shape index (κ2) is 3.72. The summed E-state index contributed by atoms with van der Waals surface area (Å²) in [5, 5.41) is 0. The summed E-state index contributed by atoms with van der Waals surface area (Å²) in [6.45, 7) is 4.43. The number of amides is 1. The summed E-state index contributed by atoms with van der Waals surface area (Å²) in [6.07, 6.45) is 0.668. The molecule has 1 rings (SSSR count). The van der Waals surface area contributed by atoms with E-state index in [9.17, 15) is 4.79 Å². The van der Waals surface area contributed by atoms with Gasteiger partial charge < -0.3 is 9.64 Å². The molecule has 0 saturated carbocycles. The van der Waals surface area contributed by atoms with Crippen molar-refractivity contribution < 1.29 is 9.53 Å². The summed E-state index contributed by atoms with van der Waals surface area (Å²) >= 11 is 0. The summed E-state index contributed by atoms with van der Waals surface area (Å²) < 4.78 is 4.99. The van der Waals surface area contributed by atoms with Gasteiger partial charge in [-0.15, -0.1) is 0 Å². The predicted octanol–water partition coefficient (Wildman–Crippen LogP) is 0.501. The normalized spacial score (nSPS) is 24.7. The van der Waals surface area contributed by atoms with Crippen molar-refractivity contribution in [2.75, 3.05) is 26.8 Å². The third-order valence-electron chi connectivity index (χ3n) is 2.08. The molecule has 3 nitrogen and oxygen atoms in total. The van der Waals surface area contributed by atoms with Gasteiger partial charge in [-0.25, -0.2) is 0 Å². The molecule has 0 unspecified atom stereocenters. The zero-order valence-electron chi connectivity index (χ0n) is 7.17. The Morgan fingerprint density at radius 3 is 2.91 bits per heavy atom. The number of rotatable bonds is 3. The van der Waals surface area contributed by atoms with Crippen molar-refractivity contribution in [2.45, 2.75) is 13.3 Å². The van der Waals surface area contributed by atoms with Crippen molar-refractivity contribution in [1.82, 2.24) is 4.90 Å². The van der Waals surface area contributed by atoms with Crippen LogP contribution < -0.4 is 0 Å². The molecule has 0 aromatic carbocycles. The quantitative estimate of drug-likeness (QED) is 0.597. The van der Waals surface area contributed by atoms with Gasteiger partial charge in [0, 0.05) is 32.5 Å². The zero-order chi connectivity index (χ0) is 8.27. The van der Waals surface area contributed by atoms with Gasteiger partial charge in [0.05, 0.1) is 6.61 Å². The molecule has 0 aliphatic carbocycles. The number of carbonyl (C=O) groups excluding carboxylic acids is 1. The van der Waals surface area contributed by atoms with E-state index in [-0.39, 0.29) is 5.91 Å². The Balaban J connectivity index is 2.36. The highest BCUT2D eigenvalue weighted by molar-refractivity contribution is 5.78. The van der Waals surface area contributed by atoms with Crippen molar-refractivity contribution in [2.24, 2.45) is 5.92 Å². The first-order valence-electron chi connectivity index (χ1n) is 4.04. The molecule has 11 heavy (non-hydrogen) atoms. The Bertz CT molecular complexity index is 147. The Hall–Kier alpha value is -0.570. The van der Waals surface area contributed by atoms with Gasteiger partial charge in [0.1, 0.15) is 0 Å². The number of nitrogens with zero attached hydrogens (tertiary/aromatic N) is 1. The zero-order valence-corrected chi connectivity index (χ0v) is 7.17. The van der Waals surface area contributed by atoms with E-state index in [1.54, 1.807) is 7.11 Å². The van der Waals surface area contributed by atoms with Crippen LogP contribution in [-0.2, 0) is 9.53 Å². The smallest absolute Gasteiger partial charge is 0.223 e. The van der Waals surface area contributed by atoms with Crippen LogP contribution in [0, 0.1) is 5.92 Å². The first-order chi connectivity index (χ1) is 5.27. The topological polar surface area (TPSA) is 29.5 Å². The van der Waals surface area contributed by atoms with Crippen LogP contribution in [0.15, 0.2) is 0 Å². The van der Waals surface area contributed by atoms with Crippen LogP contribution in [0.2, 0.25) is 0 Å². The largest absolute Gasteiger partial charge is 0.384 e. The van der Waals surface area contributed by atoms with Crippen LogP contribution in [0.4, 0.5) is 0 Å². The molecule has 0 aromatic rings. The molecule has 0 radical (unpaired) electrons. The fraction of sp³-hybridized carbons (Fsp3) is 0.875. The van der Waals surface area contributed by atoms with Crippen molar-refractivity contribution in [3.8, 4) is 0 Å². The molecular formula is C8H15NO2. The number of hydrogen-bond acceptors (Lipinski definition) is 2. The van der Waals surface area contributed by atoms with E-state index in [2.05, 4.69) is 0 Å². The molecule has 1 aliphatic heterocycles. The predicted molar refractivity (Wildman–Crippen MR) is 42.2 cm³/mol. The number of likely N-dealkylation sites (tertiary alicyclic amines) is 1. The average molecular weight is 157 g/mol. The summed E-state index contributed by atoms with van der Waals surface area (Å²) in [5.74, 6) is 0.696. The minimum Gasteiger partial charge on any atom is -0.384 e. The molecule has 0 bridgehead atoms. The second-order valence-electron chi connectivity index (χ2n) is 2.96. The van der Waals surface area contributed by atoms with E-state index in [1.807, 2.05) is 11.8 Å². The molecule has 3 heteroatoms. The third kappa shape index (κ3) is 1.93. The maximum absolute atomic E-state index is 11.2. The lowest BCUT2D eigenvalue weighted by molar-refractivity contribution is -0.127. The number of ether oxygens (including phenoxy) is 1. The summed E-state index contributed by atoms with van der Waals surface area (Å²) in [6, 6.07) is 0. The highest BCUT2D eigenvalue weighted by Gasteiger charge is 2.27. The Kier molecular flexibility index (Phi) is 2.88. The SMILES string of the molecule is CCN1C[C@@H](COC)CC1=O. The van der Waals surface area contributed by atoms with Crippen molar-refractivity contribution in [3.63, 3.8) is 0 Å². The Labute approximate surface area is 67.3 Å². The van der Waals surface area contributed by atoms with Crippen LogP contribution in [0.3, 0.4) is 0 Å². The van der Waals surface area contributed by atoms with Crippen molar-refractivity contribution in [1.29, 1.82) is 0 Å². The molecule has 0 aromatic heterocycles. The third-order valence-corrected chi connectivity index (χ3v) is 2.08. The van der Waals surface area contributed by atoms with E-state index in [0.29, 0.717) is 18.9 Å².